The Morgan fingerprint density at radius 2 is 2.00 bits per heavy atom. The first kappa shape index (κ1) is 15.0. The van der Waals surface area contributed by atoms with Gasteiger partial charge >= 0.3 is 6.09 Å². The van der Waals surface area contributed by atoms with Crippen molar-refractivity contribution in [1.29, 1.82) is 0 Å². The zero-order chi connectivity index (χ0) is 14.3. The van der Waals surface area contributed by atoms with Crippen molar-refractivity contribution in [2.75, 3.05) is 14.2 Å². The zero-order valence-electron chi connectivity index (χ0n) is 11.0. The molecule has 0 saturated carbocycles. The Bertz CT molecular complexity index is 422. The van der Waals surface area contributed by atoms with Crippen LogP contribution in [0.15, 0.2) is 30.3 Å². The van der Waals surface area contributed by atoms with Gasteiger partial charge in [0.1, 0.15) is 0 Å². The average Bonchev–Trinajstić information content (AvgIpc) is 2.38. The van der Waals surface area contributed by atoms with Gasteiger partial charge in [-0.1, -0.05) is 30.3 Å². The van der Waals surface area contributed by atoms with Crippen molar-refractivity contribution < 1.29 is 19.5 Å². The molecular weight excluding hydrogens is 248 g/mol. The molecule has 0 aliphatic carbocycles. The van der Waals surface area contributed by atoms with E-state index in [0.29, 0.717) is 6.42 Å². The number of hydroxylamine groups is 2. The number of hydrogen-bond donors (Lipinski definition) is 2. The molecule has 0 fully saturated rings. The smallest absolute Gasteiger partial charge is 0.404 e. The van der Waals surface area contributed by atoms with E-state index in [9.17, 15) is 9.59 Å². The standard InChI is InChI=1S/C13H18N2O4/c1-15(19-2)12(16)9-11(14-13(17)18)8-10-6-4-3-5-7-10/h3-7,11,14H,8-9H2,1-2H3,(H,17,18). The minimum absolute atomic E-state index is 0.0472. The van der Waals surface area contributed by atoms with Gasteiger partial charge in [0, 0.05) is 19.5 Å². The maximum absolute atomic E-state index is 11.7. The number of nitrogens with one attached hydrogen (secondary N) is 1. The first-order valence-corrected chi connectivity index (χ1v) is 5.87. The minimum atomic E-state index is -1.14. The summed E-state index contributed by atoms with van der Waals surface area (Å²) in [5, 5.41) is 12.2. The van der Waals surface area contributed by atoms with E-state index in [1.165, 1.54) is 14.2 Å². The highest BCUT2D eigenvalue weighted by Gasteiger charge is 2.19. The van der Waals surface area contributed by atoms with Crippen LogP contribution in [-0.2, 0) is 16.1 Å². The van der Waals surface area contributed by atoms with E-state index < -0.39 is 12.1 Å². The topological polar surface area (TPSA) is 78.9 Å². The summed E-state index contributed by atoms with van der Waals surface area (Å²) < 4.78 is 0. The van der Waals surface area contributed by atoms with E-state index in [1.54, 1.807) is 0 Å². The molecule has 1 atom stereocenters. The Morgan fingerprint density at radius 3 is 2.53 bits per heavy atom. The van der Waals surface area contributed by atoms with Crippen LogP contribution in [0.4, 0.5) is 4.79 Å². The summed E-state index contributed by atoms with van der Waals surface area (Å²) in [6.45, 7) is 0. The lowest BCUT2D eigenvalue weighted by Gasteiger charge is -2.20. The average molecular weight is 266 g/mol. The first-order chi connectivity index (χ1) is 9.02. The van der Waals surface area contributed by atoms with Crippen molar-refractivity contribution >= 4 is 12.0 Å². The summed E-state index contributed by atoms with van der Waals surface area (Å²) in [7, 11) is 2.87. The van der Waals surface area contributed by atoms with Crippen molar-refractivity contribution in [1.82, 2.24) is 10.4 Å². The van der Waals surface area contributed by atoms with Crippen LogP contribution in [0.3, 0.4) is 0 Å². The number of benzene rings is 1. The molecule has 2 amide bonds. The van der Waals surface area contributed by atoms with E-state index in [0.717, 1.165) is 10.6 Å². The van der Waals surface area contributed by atoms with Crippen molar-refractivity contribution in [3.63, 3.8) is 0 Å². The molecule has 0 saturated heterocycles. The Kier molecular flexibility index (Phi) is 5.81. The van der Waals surface area contributed by atoms with E-state index in [4.69, 9.17) is 9.94 Å². The molecule has 0 spiro atoms. The van der Waals surface area contributed by atoms with Gasteiger partial charge in [0.05, 0.1) is 7.11 Å². The second-order valence-electron chi connectivity index (χ2n) is 4.11. The van der Waals surface area contributed by atoms with Gasteiger partial charge in [-0.05, 0) is 12.0 Å². The normalized spacial score (nSPS) is 11.7. The molecule has 0 aliphatic rings. The molecule has 0 radical (unpaired) electrons. The quantitative estimate of drug-likeness (QED) is 0.760. The third-order valence-corrected chi connectivity index (χ3v) is 2.70. The monoisotopic (exact) mass is 266 g/mol. The second-order valence-corrected chi connectivity index (χ2v) is 4.11. The third kappa shape index (κ3) is 5.39. The maximum Gasteiger partial charge on any atom is 0.404 e. The highest BCUT2D eigenvalue weighted by molar-refractivity contribution is 5.76. The van der Waals surface area contributed by atoms with Gasteiger partial charge in [-0.25, -0.2) is 9.86 Å². The summed E-state index contributed by atoms with van der Waals surface area (Å²) >= 11 is 0. The molecule has 0 aromatic heterocycles. The molecule has 6 nitrogen and oxygen atoms in total. The van der Waals surface area contributed by atoms with Gasteiger partial charge in [0.25, 0.3) is 0 Å². The van der Waals surface area contributed by atoms with Crippen LogP contribution >= 0.6 is 0 Å². The SMILES string of the molecule is CON(C)C(=O)CC(Cc1ccccc1)NC(=O)O. The fraction of sp³-hybridized carbons (Fsp3) is 0.385. The van der Waals surface area contributed by atoms with E-state index >= 15 is 0 Å². The molecule has 0 heterocycles. The van der Waals surface area contributed by atoms with Gasteiger partial charge in [0.2, 0.25) is 5.91 Å². The molecule has 1 aromatic rings. The van der Waals surface area contributed by atoms with Crippen molar-refractivity contribution in [2.24, 2.45) is 0 Å². The van der Waals surface area contributed by atoms with Gasteiger partial charge in [-0.2, -0.15) is 0 Å². The lowest BCUT2D eigenvalue weighted by Crippen LogP contribution is -2.40. The molecule has 1 aromatic carbocycles. The summed E-state index contributed by atoms with van der Waals surface area (Å²) in [6.07, 6.45) is -0.643. The zero-order valence-corrected chi connectivity index (χ0v) is 11.0. The van der Waals surface area contributed by atoms with Gasteiger partial charge < -0.3 is 10.4 Å². The van der Waals surface area contributed by atoms with Crippen LogP contribution in [0.25, 0.3) is 0 Å². The minimum Gasteiger partial charge on any atom is -0.465 e. The third-order valence-electron chi connectivity index (χ3n) is 2.70. The number of carbonyl (C=O) groups is 2. The maximum atomic E-state index is 11.7. The Labute approximate surface area is 111 Å². The molecule has 2 N–H and O–H groups in total. The van der Waals surface area contributed by atoms with Crippen LogP contribution in [-0.4, -0.2) is 42.4 Å². The summed E-state index contributed by atoms with van der Waals surface area (Å²) in [5.41, 5.74) is 0.967. The largest absolute Gasteiger partial charge is 0.465 e. The fourth-order valence-corrected chi connectivity index (χ4v) is 1.69. The molecule has 1 rings (SSSR count). The lowest BCUT2D eigenvalue weighted by molar-refractivity contribution is -0.169. The molecule has 0 bridgehead atoms. The van der Waals surface area contributed by atoms with Crippen molar-refractivity contribution in [3.8, 4) is 0 Å². The van der Waals surface area contributed by atoms with Gasteiger partial charge in [0.15, 0.2) is 0 Å². The molecule has 0 aliphatic heterocycles. The summed E-state index contributed by atoms with van der Waals surface area (Å²) in [4.78, 5) is 27.3. The first-order valence-electron chi connectivity index (χ1n) is 5.87. The van der Waals surface area contributed by atoms with E-state index in [1.807, 2.05) is 30.3 Å². The molecule has 1 unspecified atom stereocenters. The van der Waals surface area contributed by atoms with Crippen LogP contribution in [0.2, 0.25) is 0 Å². The van der Waals surface area contributed by atoms with Crippen LogP contribution in [0.1, 0.15) is 12.0 Å². The number of nitrogens with zero attached hydrogens (tertiary/aromatic N) is 1. The highest BCUT2D eigenvalue weighted by Crippen LogP contribution is 2.07. The van der Waals surface area contributed by atoms with Gasteiger partial charge in [-0.15, -0.1) is 0 Å². The number of hydrogen-bond acceptors (Lipinski definition) is 3. The summed E-state index contributed by atoms with van der Waals surface area (Å²) in [5.74, 6) is -0.280. The molecule has 6 heteroatoms. The Balaban J connectivity index is 2.67. The Hall–Kier alpha value is -2.08. The van der Waals surface area contributed by atoms with Crippen LogP contribution in [0, 0.1) is 0 Å². The van der Waals surface area contributed by atoms with Crippen molar-refractivity contribution in [3.05, 3.63) is 35.9 Å². The van der Waals surface area contributed by atoms with E-state index in [2.05, 4.69) is 5.32 Å². The predicted octanol–water partition coefficient (Wildman–Crippen LogP) is 1.28. The Morgan fingerprint density at radius 1 is 1.37 bits per heavy atom. The fourth-order valence-electron chi connectivity index (χ4n) is 1.69. The second kappa shape index (κ2) is 7.38. The predicted molar refractivity (Wildman–Crippen MR) is 69.5 cm³/mol. The number of carbonyl (C=O) groups excluding carboxylic acids is 1. The molecule has 19 heavy (non-hydrogen) atoms. The number of carboxylic acid groups (broad SMARTS) is 1. The molecular formula is C13H18N2O4. The van der Waals surface area contributed by atoms with Crippen molar-refractivity contribution in [2.45, 2.75) is 18.9 Å². The van der Waals surface area contributed by atoms with Crippen LogP contribution in [0.5, 0.6) is 0 Å². The number of amides is 2. The number of rotatable bonds is 6. The van der Waals surface area contributed by atoms with Crippen LogP contribution < -0.4 is 5.32 Å². The van der Waals surface area contributed by atoms with Gasteiger partial charge in [-0.3, -0.25) is 9.63 Å². The summed E-state index contributed by atoms with van der Waals surface area (Å²) in [6, 6.07) is 8.92. The lowest BCUT2D eigenvalue weighted by atomic mass is 10.0. The van der Waals surface area contributed by atoms with E-state index in [-0.39, 0.29) is 12.3 Å². The highest BCUT2D eigenvalue weighted by atomic mass is 16.7. The molecule has 104 valence electrons.